The number of halogens is 1. The van der Waals surface area contributed by atoms with Crippen molar-refractivity contribution in [3.05, 3.63) is 35.4 Å². The molecule has 1 aliphatic rings. The van der Waals surface area contributed by atoms with Crippen molar-refractivity contribution < 1.29 is 28.9 Å². The lowest BCUT2D eigenvalue weighted by molar-refractivity contribution is -1.92. The fraction of sp³-hybridized carbons (Fsp3) is 0.538. The van der Waals surface area contributed by atoms with Crippen LogP contribution in [-0.4, -0.2) is 29.7 Å². The van der Waals surface area contributed by atoms with Crippen molar-refractivity contribution >= 4 is 0 Å². The Labute approximate surface area is 115 Å². The summed E-state index contributed by atoms with van der Waals surface area (Å²) in [4.78, 5) is 2.45. The number of nitrogens with zero attached hydrogens (tertiary/aromatic N) is 1. The van der Waals surface area contributed by atoms with Gasteiger partial charge in [0.2, 0.25) is 0 Å². The highest BCUT2D eigenvalue weighted by atomic mass is 35.7. The molecule has 2 bridgehead atoms. The largest absolute Gasteiger partial charge is 0.306 e. The van der Waals surface area contributed by atoms with Gasteiger partial charge in [-0.3, -0.25) is 0 Å². The first kappa shape index (κ1) is 16.4. The molecular weight excluding hydrogens is 270 g/mol. The molecule has 0 atom stereocenters. The van der Waals surface area contributed by atoms with Crippen molar-refractivity contribution in [3.63, 3.8) is 0 Å². The van der Waals surface area contributed by atoms with E-state index in [1.54, 1.807) is 0 Å². The molecule has 5 nitrogen and oxygen atoms in total. The van der Waals surface area contributed by atoms with Gasteiger partial charge < -0.3 is 4.90 Å². The maximum Gasteiger partial charge on any atom is 0.0777 e. The van der Waals surface area contributed by atoms with Gasteiger partial charge in [-0.25, -0.2) is 0 Å². The quantitative estimate of drug-likeness (QED) is 0.619. The Bertz CT molecular complexity index is 350. The Kier molecular flexibility index (Phi) is 6.71. The number of fused-ring (bicyclic) bond motifs is 2. The summed E-state index contributed by atoms with van der Waals surface area (Å²) < 4.78 is 32.7. The Morgan fingerprint density at radius 1 is 1.05 bits per heavy atom. The molecular formula is C13H20ClNO4. The number of benzene rings is 1. The molecule has 19 heavy (non-hydrogen) atoms. The molecule has 2 rings (SSSR count). The number of rotatable bonds is 0. The number of aryl methyl sites for hydroxylation is 2. The first-order chi connectivity index (χ1) is 8.84. The Morgan fingerprint density at radius 2 is 1.47 bits per heavy atom. The molecule has 6 heteroatoms. The van der Waals surface area contributed by atoms with Crippen LogP contribution in [0.5, 0.6) is 0 Å². The molecule has 0 amide bonds. The zero-order valence-electron chi connectivity index (χ0n) is 11.0. The van der Waals surface area contributed by atoms with E-state index in [4.69, 9.17) is 18.6 Å². The summed E-state index contributed by atoms with van der Waals surface area (Å²) in [5.74, 6) is 0. The monoisotopic (exact) mass is 289 g/mol. The molecule has 1 aromatic rings. The van der Waals surface area contributed by atoms with Gasteiger partial charge in [-0.1, -0.05) is 24.3 Å². The minimum Gasteiger partial charge on any atom is -0.306 e. The lowest BCUT2D eigenvalue weighted by Crippen LogP contribution is -2.58. The van der Waals surface area contributed by atoms with Gasteiger partial charge in [0, 0.05) is 0 Å². The van der Waals surface area contributed by atoms with Crippen molar-refractivity contribution in [1.82, 2.24) is 4.90 Å². The van der Waals surface area contributed by atoms with Gasteiger partial charge in [0.05, 0.1) is 14.9 Å². The van der Waals surface area contributed by atoms with E-state index in [1.807, 2.05) is 0 Å². The van der Waals surface area contributed by atoms with E-state index < -0.39 is 10.2 Å². The van der Waals surface area contributed by atoms with E-state index in [-0.39, 0.29) is 0 Å². The van der Waals surface area contributed by atoms with Crippen molar-refractivity contribution in [1.29, 1.82) is 0 Å². The fourth-order valence-electron chi connectivity index (χ4n) is 2.16. The molecule has 0 radical (unpaired) electrons. The zero-order valence-corrected chi connectivity index (χ0v) is 11.8. The summed E-state index contributed by atoms with van der Waals surface area (Å²) >= 11 is 0. The van der Waals surface area contributed by atoms with E-state index in [2.05, 4.69) is 36.2 Å². The Morgan fingerprint density at radius 3 is 1.89 bits per heavy atom. The number of hydrogen-bond donors (Lipinski definition) is 1. The van der Waals surface area contributed by atoms with Gasteiger partial charge in [0.15, 0.2) is 0 Å². The third-order valence-corrected chi connectivity index (χ3v) is 3.00. The van der Waals surface area contributed by atoms with Crippen LogP contribution in [0, 0.1) is 10.2 Å². The van der Waals surface area contributed by atoms with E-state index in [9.17, 15) is 0 Å². The van der Waals surface area contributed by atoms with Gasteiger partial charge in [-0.05, 0) is 56.9 Å². The predicted octanol–water partition coefficient (Wildman–Crippen LogP) is -1.63. The molecule has 1 aromatic carbocycles. The fourth-order valence-corrected chi connectivity index (χ4v) is 2.16. The molecule has 0 unspecified atom stereocenters. The van der Waals surface area contributed by atoms with Crippen molar-refractivity contribution in [2.24, 2.45) is 0 Å². The van der Waals surface area contributed by atoms with E-state index in [0.717, 1.165) is 0 Å². The second-order valence-corrected chi connectivity index (χ2v) is 5.52. The first-order valence-corrected chi connectivity index (χ1v) is 7.50. The van der Waals surface area contributed by atoms with Crippen LogP contribution in [0.1, 0.15) is 24.0 Å². The third-order valence-electron chi connectivity index (χ3n) is 3.00. The standard InChI is InChI=1S/C13H19N.ClHO4/c1-14-9-3-7-12-5-2-6-13(11-12)8-4-10-14;2-1(3,4)5/h2,5-6,11H,3-4,7-10H2,1H3;(H,2,3,4,5). The van der Waals surface area contributed by atoms with Gasteiger partial charge in [0.1, 0.15) is 0 Å². The van der Waals surface area contributed by atoms with Gasteiger partial charge >= 0.3 is 0 Å². The highest BCUT2D eigenvalue weighted by molar-refractivity contribution is 5.23. The van der Waals surface area contributed by atoms with Gasteiger partial charge in [0.25, 0.3) is 0 Å². The molecule has 0 saturated carbocycles. The molecule has 0 saturated heterocycles. The maximum atomic E-state index is 8.60. The van der Waals surface area contributed by atoms with Crippen LogP contribution >= 0.6 is 0 Å². The lowest BCUT2D eigenvalue weighted by Gasteiger charge is -2.18. The zero-order chi connectivity index (χ0) is 14.3. The summed E-state index contributed by atoms with van der Waals surface area (Å²) in [6.07, 6.45) is 5.05. The SMILES string of the molecule is CN1CCCc2cccc(c2)CCC1.[O-][Cl+3]([O-])([O-])O. The lowest BCUT2D eigenvalue weighted by atomic mass is 10.0. The molecule has 0 aromatic heterocycles. The van der Waals surface area contributed by atoms with Crippen LogP contribution in [0.15, 0.2) is 24.3 Å². The second-order valence-electron chi connectivity index (χ2n) is 4.73. The molecule has 1 N–H and O–H groups in total. The van der Waals surface area contributed by atoms with Gasteiger partial charge in [-0.2, -0.15) is 14.0 Å². The van der Waals surface area contributed by atoms with E-state index >= 15 is 0 Å². The summed E-state index contributed by atoms with van der Waals surface area (Å²) in [5, 5.41) is 0. The van der Waals surface area contributed by atoms with Gasteiger partial charge in [-0.15, -0.1) is 0 Å². The topological polar surface area (TPSA) is 92.7 Å². The molecule has 1 heterocycles. The Balaban J connectivity index is 0.000000312. The normalized spacial score (nSPS) is 17.3. The minimum atomic E-state index is -4.69. The van der Waals surface area contributed by atoms with Crippen LogP contribution < -0.4 is 14.0 Å². The minimum absolute atomic E-state index is 1.23. The van der Waals surface area contributed by atoms with Crippen molar-refractivity contribution in [2.75, 3.05) is 20.1 Å². The third kappa shape index (κ3) is 8.93. The molecule has 1 aliphatic heterocycles. The average Bonchev–Trinajstić information content (AvgIpc) is 2.27. The van der Waals surface area contributed by atoms with Crippen LogP contribution in [0.3, 0.4) is 0 Å². The summed E-state index contributed by atoms with van der Waals surface area (Å²) in [6.45, 7) is 2.48. The van der Waals surface area contributed by atoms with Crippen molar-refractivity contribution in [3.8, 4) is 0 Å². The molecule has 0 fully saturated rings. The van der Waals surface area contributed by atoms with Crippen molar-refractivity contribution in [2.45, 2.75) is 25.7 Å². The average molecular weight is 290 g/mol. The molecule has 0 aliphatic carbocycles. The predicted molar refractivity (Wildman–Crippen MR) is 62.8 cm³/mol. The maximum absolute atomic E-state index is 8.60. The highest BCUT2D eigenvalue weighted by Gasteiger charge is 2.03. The number of hydrogen-bond acceptors (Lipinski definition) is 5. The summed E-state index contributed by atoms with van der Waals surface area (Å²) in [7, 11) is -2.46. The van der Waals surface area contributed by atoms with E-state index in [1.165, 1.54) is 49.9 Å². The summed E-state index contributed by atoms with van der Waals surface area (Å²) in [6, 6.07) is 9.09. The van der Waals surface area contributed by atoms with Crippen LogP contribution in [-0.2, 0) is 12.8 Å². The second kappa shape index (κ2) is 7.79. The Hall–Kier alpha value is -0.690. The highest BCUT2D eigenvalue weighted by Crippen LogP contribution is 2.12. The first-order valence-electron chi connectivity index (χ1n) is 6.24. The molecule has 108 valence electrons. The summed E-state index contributed by atoms with van der Waals surface area (Å²) in [5.41, 5.74) is 3.02. The smallest absolute Gasteiger partial charge is 0.0777 e. The van der Waals surface area contributed by atoms with Crippen LogP contribution in [0.4, 0.5) is 0 Å². The van der Waals surface area contributed by atoms with E-state index in [0.29, 0.717) is 0 Å². The van der Waals surface area contributed by atoms with Crippen LogP contribution in [0.25, 0.3) is 0 Å². The van der Waals surface area contributed by atoms with Crippen LogP contribution in [0.2, 0.25) is 0 Å². The molecule has 0 spiro atoms.